The highest BCUT2D eigenvalue weighted by atomic mass is 16.3. The second kappa shape index (κ2) is 16.8. The zero-order valence-electron chi connectivity index (χ0n) is 69.8. The van der Waals surface area contributed by atoms with E-state index in [-0.39, 0.29) is 55.7 Å². The predicted molar refractivity (Wildman–Crippen MR) is 286 cm³/mol. The summed E-state index contributed by atoms with van der Waals surface area (Å²) in [6, 6.07) is 24.5. The molecule has 0 spiro atoms. The molecule has 6 aromatic carbocycles. The van der Waals surface area contributed by atoms with Gasteiger partial charge in [0.05, 0.1) is 30.7 Å². The normalized spacial score (nSPS) is 21.8. The van der Waals surface area contributed by atoms with Crippen LogP contribution in [0, 0.1) is 6.85 Å². The number of aromatic nitrogens is 3. The molecule has 344 valence electrons. The zero-order valence-corrected chi connectivity index (χ0v) is 37.8. The number of para-hydroxylation sites is 1. The summed E-state index contributed by atoms with van der Waals surface area (Å²) < 4.78 is 286. The highest BCUT2D eigenvalue weighted by Gasteiger charge is 2.30. The molecule has 0 aliphatic heterocycles. The minimum absolute atomic E-state index is 0.0563. The topological polar surface area (TPSA) is 50.9 Å². The third-order valence-electron chi connectivity index (χ3n) is 11.8. The zero-order chi connectivity index (χ0) is 75.3. The summed E-state index contributed by atoms with van der Waals surface area (Å²) in [6.07, 6.45) is 1.02. The van der Waals surface area contributed by atoms with E-state index in [9.17, 15) is 7.85 Å². The van der Waals surface area contributed by atoms with Gasteiger partial charge in [-0.2, -0.15) is 0 Å². The monoisotopic (exact) mass is 918 g/mol. The van der Waals surface area contributed by atoms with Crippen LogP contribution in [0.1, 0.15) is 180 Å². The van der Waals surface area contributed by atoms with E-state index in [0.29, 0.717) is 16.7 Å². The lowest BCUT2D eigenvalue weighted by Gasteiger charge is -2.28. The number of phenols is 1. The standard InChI is InChI=1S/C63H71N3O/c1-39-38-64-53(37-49(39)41-25-27-44(28-26-41)59(2,3)4)43-31-42(32-46(33-43)61(8,9)10)48-23-20-24-55-56(48)65-58(51-35-47(62(11,12)13)36-52(57(51)67)63(14,15)16)66(55)54-30-29-45(60(5,6)7)34-50(54)40-21-18-17-19-22-40/h17-38,67H,1-16H3/i1D3,8D3,9D3,10D3,11D3,12D3,13D3,14D3,15D3,16D3,35D,36D. The van der Waals surface area contributed by atoms with Gasteiger partial charge in [-0.1, -0.05) is 188 Å². The molecule has 2 heterocycles. The summed E-state index contributed by atoms with van der Waals surface area (Å²) >= 11 is 0. The third kappa shape index (κ3) is 9.38. The first-order valence-corrected chi connectivity index (χ1v) is 21.4. The van der Waals surface area contributed by atoms with Gasteiger partial charge in [0.15, 0.2) is 0 Å². The molecule has 67 heavy (non-hydrogen) atoms. The number of fused-ring (bicyclic) bond motifs is 1. The largest absolute Gasteiger partial charge is 0.507 e. The number of rotatable bonds is 6. The summed E-state index contributed by atoms with van der Waals surface area (Å²) in [5.41, 5.74) is -19.9. The van der Waals surface area contributed by atoms with Gasteiger partial charge in [0.25, 0.3) is 0 Å². The van der Waals surface area contributed by atoms with E-state index in [0.717, 1.165) is 28.5 Å². The van der Waals surface area contributed by atoms with Crippen molar-refractivity contribution in [3.63, 3.8) is 0 Å². The molecular formula is C63H71N3O. The van der Waals surface area contributed by atoms with Crippen LogP contribution in [0.2, 0.25) is 0 Å². The van der Waals surface area contributed by atoms with Gasteiger partial charge in [0.2, 0.25) is 0 Å². The van der Waals surface area contributed by atoms with E-state index in [4.69, 9.17) is 46.1 Å². The van der Waals surface area contributed by atoms with Crippen LogP contribution < -0.4 is 0 Å². The van der Waals surface area contributed by atoms with Crippen molar-refractivity contribution in [1.82, 2.24) is 14.5 Å². The number of hydrogen-bond donors (Lipinski definition) is 1. The summed E-state index contributed by atoms with van der Waals surface area (Å²) in [7, 11) is 0. The molecule has 0 fully saturated rings. The minimum Gasteiger partial charge on any atom is -0.507 e. The van der Waals surface area contributed by atoms with Crippen molar-refractivity contribution in [1.29, 1.82) is 0 Å². The number of aryl methyl sites for hydroxylation is 1. The van der Waals surface area contributed by atoms with Crippen LogP contribution in [-0.2, 0) is 27.1 Å². The average Bonchev–Trinajstić information content (AvgIpc) is 1.21. The number of hydrogen-bond acceptors (Lipinski definition) is 3. The molecule has 0 unspecified atom stereocenters. The lowest BCUT2D eigenvalue weighted by molar-refractivity contribution is 0.446. The average molecular weight is 918 g/mol. The molecule has 0 atom stereocenters. The molecule has 8 rings (SSSR count). The fourth-order valence-corrected chi connectivity index (χ4v) is 8.08. The Kier molecular flexibility index (Phi) is 5.47. The molecule has 1 N–H and O–H groups in total. The minimum atomic E-state index is -4.62. The number of aromatic hydroxyl groups is 1. The lowest BCUT2D eigenvalue weighted by Crippen LogP contribution is -2.17. The second-order valence-electron chi connectivity index (χ2n) is 19.0. The highest BCUT2D eigenvalue weighted by molar-refractivity contribution is 5.98. The molecule has 0 radical (unpaired) electrons. The van der Waals surface area contributed by atoms with Crippen LogP contribution in [0.4, 0.5) is 0 Å². The summed E-state index contributed by atoms with van der Waals surface area (Å²) in [5, 5.41) is 13.3. The van der Waals surface area contributed by atoms with Crippen molar-refractivity contribution in [3.8, 4) is 67.5 Å². The first-order chi connectivity index (χ1) is 44.5. The number of benzene rings is 6. The van der Waals surface area contributed by atoms with E-state index in [2.05, 4.69) is 4.98 Å². The van der Waals surface area contributed by atoms with Crippen molar-refractivity contribution < 1.29 is 49.0 Å². The maximum atomic E-state index is 13.3. The second-order valence-corrected chi connectivity index (χ2v) is 19.0. The molecule has 4 heteroatoms. The van der Waals surface area contributed by atoms with Gasteiger partial charge in [-0.15, -0.1) is 0 Å². The van der Waals surface area contributed by atoms with Crippen LogP contribution in [0.5, 0.6) is 5.75 Å². The van der Waals surface area contributed by atoms with E-state index in [1.54, 1.807) is 66.7 Å². The first-order valence-electron chi connectivity index (χ1n) is 37.4. The van der Waals surface area contributed by atoms with E-state index < -0.39 is 142 Å². The first kappa shape index (κ1) is 21.8. The summed E-state index contributed by atoms with van der Waals surface area (Å²) in [5.74, 6) is -2.90. The molecular weight excluding hydrogens is 815 g/mol. The van der Waals surface area contributed by atoms with Crippen molar-refractivity contribution in [2.24, 2.45) is 0 Å². The maximum absolute atomic E-state index is 13.3. The van der Waals surface area contributed by atoms with E-state index >= 15 is 0 Å². The Morgan fingerprint density at radius 3 is 1.81 bits per heavy atom. The summed E-state index contributed by atoms with van der Waals surface area (Å²) in [4.78, 5) is 9.44. The molecule has 0 aliphatic rings. The number of imidazole rings is 1. The molecule has 0 aliphatic carbocycles. The van der Waals surface area contributed by atoms with Gasteiger partial charge in [-0.05, 0) is 126 Å². The van der Waals surface area contributed by atoms with Gasteiger partial charge in [-0.3, -0.25) is 9.55 Å². The van der Waals surface area contributed by atoms with Gasteiger partial charge < -0.3 is 5.11 Å². The smallest absolute Gasteiger partial charge is 0.149 e. The number of nitrogens with zero attached hydrogens (tertiary/aromatic N) is 3. The number of phenolic OH excluding ortho intramolecular Hbond substituents is 1. The van der Waals surface area contributed by atoms with Crippen LogP contribution in [0.25, 0.3) is 72.7 Å². The van der Waals surface area contributed by atoms with E-state index in [1.165, 1.54) is 36.4 Å². The fraction of sp³-hybridized carbons (Fsp3) is 0.333. The quantitative estimate of drug-likeness (QED) is 0.181. The highest BCUT2D eigenvalue weighted by Crippen LogP contribution is 2.46. The van der Waals surface area contributed by atoms with Crippen LogP contribution in [0.3, 0.4) is 0 Å². The Hall–Kier alpha value is -6.26. The molecule has 0 amide bonds. The molecule has 0 bridgehead atoms. The Bertz CT molecular complexity index is 4200. The third-order valence-corrected chi connectivity index (χ3v) is 11.8. The van der Waals surface area contributed by atoms with E-state index in [1.807, 2.05) is 41.5 Å². The Morgan fingerprint density at radius 1 is 0.507 bits per heavy atom. The molecule has 2 aromatic heterocycles. The van der Waals surface area contributed by atoms with Crippen LogP contribution in [-0.4, -0.2) is 19.6 Å². The van der Waals surface area contributed by atoms with Crippen molar-refractivity contribution >= 4 is 11.0 Å². The Labute approximate surface area is 446 Å². The molecule has 0 saturated heterocycles. The van der Waals surface area contributed by atoms with Crippen LogP contribution in [0.15, 0.2) is 134 Å². The fourth-order valence-electron chi connectivity index (χ4n) is 8.08. The van der Waals surface area contributed by atoms with Gasteiger partial charge in [0, 0.05) is 69.6 Å². The van der Waals surface area contributed by atoms with Crippen molar-refractivity contribution in [2.75, 3.05) is 0 Å². The predicted octanol–water partition coefficient (Wildman–Crippen LogP) is 17.3. The summed E-state index contributed by atoms with van der Waals surface area (Å²) in [6.45, 7) is -30.2. The van der Waals surface area contributed by atoms with Gasteiger partial charge in [-0.25, -0.2) is 4.98 Å². The van der Waals surface area contributed by atoms with Crippen LogP contribution >= 0.6 is 0 Å². The Morgan fingerprint density at radius 2 is 1.15 bits per heavy atom. The van der Waals surface area contributed by atoms with Gasteiger partial charge in [0.1, 0.15) is 11.6 Å². The van der Waals surface area contributed by atoms with Gasteiger partial charge >= 0.3 is 0 Å². The SMILES string of the molecule is [2H]c1c(-c2nc3c(-c4cc(-c5cc(-c6ccc(C(C)(C)C)cc6)c(C([2H])([2H])[2H])cn5)cc(C(C([2H])([2H])[2H])(C([2H])([2H])[2H])C([2H])([2H])[2H])c4)cccc3n2-c2ccc(C(C)(C)C)cc2-c2ccccc2)c(O)c(C(C([2H])([2H])[2H])(C([2H])([2H])[2H])C([2H])([2H])[2H])c([2H])c1C(C([2H])([2H])[2H])(C([2H])([2H])[2H])C([2H])([2H])[2H]. The lowest BCUT2D eigenvalue weighted by atomic mass is 9.79. The Balaban J connectivity index is 1.73. The van der Waals surface area contributed by atoms with Crippen molar-refractivity contribution in [2.45, 2.75) is 137 Å². The molecule has 8 aromatic rings. The molecule has 0 saturated carbocycles. The van der Waals surface area contributed by atoms with Crippen molar-refractivity contribution in [3.05, 3.63) is 167 Å². The molecule has 4 nitrogen and oxygen atoms in total. The number of pyridine rings is 1. The maximum Gasteiger partial charge on any atom is 0.149 e.